The monoisotopic (exact) mass is 905 g/mol. The fraction of sp³-hybridized carbons (Fsp3) is 0.0294. The minimum atomic E-state index is 0.131. The quantitative estimate of drug-likeness (QED) is 0.139. The maximum Gasteiger partial charge on any atom is 0.0626 e. The standard InChI is InChI=1S/C68H47N3/c1-5-20-47(21-6-1)61-39-40-62(48-22-7-2-8-23-48)69(61)53-36-38-58-59(44-53)67(52-34-33-46-19-13-14-28-51(46)43-52)57-37-35-54(70-63(49-24-9-3-10-25-49)41-42-64(70)50-26-11-4-12-27-50)45-60(57)68(58)71-65-31-17-15-29-55(65)56-30-16-18-32-66(56)71/h1-39,41-45,62H,40H2. The minimum absolute atomic E-state index is 0.131. The van der Waals surface area contributed by atoms with Crippen molar-refractivity contribution in [3.8, 4) is 45.0 Å². The van der Waals surface area contributed by atoms with E-state index in [2.05, 4.69) is 281 Å². The van der Waals surface area contributed by atoms with Gasteiger partial charge < -0.3 is 14.0 Å². The minimum Gasteiger partial charge on any atom is -0.333 e. The molecule has 2 aromatic heterocycles. The van der Waals surface area contributed by atoms with E-state index >= 15 is 0 Å². The first-order chi connectivity index (χ1) is 35.2. The van der Waals surface area contributed by atoms with Gasteiger partial charge in [-0.25, -0.2) is 0 Å². The molecule has 0 amide bonds. The lowest BCUT2D eigenvalue weighted by Gasteiger charge is -2.31. The van der Waals surface area contributed by atoms with Crippen LogP contribution >= 0.6 is 0 Å². The van der Waals surface area contributed by atoms with Crippen molar-refractivity contribution in [2.45, 2.75) is 12.5 Å². The highest BCUT2D eigenvalue weighted by atomic mass is 15.2. The zero-order valence-corrected chi connectivity index (χ0v) is 39.0. The predicted molar refractivity (Wildman–Crippen MR) is 300 cm³/mol. The third-order valence-electron chi connectivity index (χ3n) is 14.8. The Labute approximate surface area is 413 Å². The van der Waals surface area contributed by atoms with Crippen LogP contribution in [0, 0.1) is 0 Å². The molecule has 13 aromatic rings. The van der Waals surface area contributed by atoms with E-state index in [1.165, 1.54) is 98.9 Å². The Morgan fingerprint density at radius 3 is 1.52 bits per heavy atom. The summed E-state index contributed by atoms with van der Waals surface area (Å²) in [7, 11) is 0. The maximum absolute atomic E-state index is 2.59. The smallest absolute Gasteiger partial charge is 0.0626 e. The van der Waals surface area contributed by atoms with Crippen LogP contribution in [-0.4, -0.2) is 9.13 Å². The van der Waals surface area contributed by atoms with Gasteiger partial charge in [0.2, 0.25) is 0 Å². The molecule has 0 spiro atoms. The molecule has 0 N–H and O–H groups in total. The van der Waals surface area contributed by atoms with Crippen LogP contribution in [0.1, 0.15) is 23.6 Å². The van der Waals surface area contributed by atoms with Gasteiger partial charge in [-0.2, -0.15) is 0 Å². The summed E-state index contributed by atoms with van der Waals surface area (Å²) >= 11 is 0. The number of nitrogens with zero attached hydrogens (tertiary/aromatic N) is 3. The van der Waals surface area contributed by atoms with Gasteiger partial charge in [0.25, 0.3) is 0 Å². The highest BCUT2D eigenvalue weighted by Gasteiger charge is 2.31. The van der Waals surface area contributed by atoms with Crippen molar-refractivity contribution in [1.29, 1.82) is 0 Å². The van der Waals surface area contributed by atoms with E-state index in [9.17, 15) is 0 Å². The normalized spacial score (nSPS) is 13.8. The molecule has 334 valence electrons. The van der Waals surface area contributed by atoms with Gasteiger partial charge in [0, 0.05) is 38.6 Å². The average molecular weight is 906 g/mol. The summed E-state index contributed by atoms with van der Waals surface area (Å²) in [5.41, 5.74) is 16.6. The summed E-state index contributed by atoms with van der Waals surface area (Å²) in [6.07, 6.45) is 3.34. The number of hydrogen-bond donors (Lipinski definition) is 0. The molecule has 3 nitrogen and oxygen atoms in total. The molecule has 11 aromatic carbocycles. The van der Waals surface area contributed by atoms with Crippen LogP contribution in [0.2, 0.25) is 0 Å². The van der Waals surface area contributed by atoms with Crippen LogP contribution in [0.4, 0.5) is 5.69 Å². The second-order valence-electron chi connectivity index (χ2n) is 18.8. The Balaban J connectivity index is 1.13. The molecule has 3 heterocycles. The largest absolute Gasteiger partial charge is 0.333 e. The Kier molecular flexibility index (Phi) is 9.67. The van der Waals surface area contributed by atoms with Crippen LogP contribution in [0.25, 0.3) is 105 Å². The van der Waals surface area contributed by atoms with Gasteiger partial charge >= 0.3 is 0 Å². The third-order valence-corrected chi connectivity index (χ3v) is 14.8. The Bertz CT molecular complexity index is 4070. The van der Waals surface area contributed by atoms with E-state index in [0.29, 0.717) is 0 Å². The van der Waals surface area contributed by atoms with Crippen molar-refractivity contribution in [1.82, 2.24) is 9.13 Å². The lowest BCUT2D eigenvalue weighted by Crippen LogP contribution is -2.22. The molecule has 0 saturated carbocycles. The number of anilines is 1. The maximum atomic E-state index is 2.59. The van der Waals surface area contributed by atoms with Crippen LogP contribution in [0.3, 0.4) is 0 Å². The summed E-state index contributed by atoms with van der Waals surface area (Å²) in [5, 5.41) is 9.68. The molecular weight excluding hydrogens is 859 g/mol. The fourth-order valence-electron chi connectivity index (χ4n) is 11.7. The molecule has 1 atom stereocenters. The van der Waals surface area contributed by atoms with Crippen molar-refractivity contribution >= 4 is 65.5 Å². The van der Waals surface area contributed by atoms with Crippen molar-refractivity contribution < 1.29 is 0 Å². The first-order valence-electron chi connectivity index (χ1n) is 24.7. The van der Waals surface area contributed by atoms with Gasteiger partial charge in [0.05, 0.1) is 34.2 Å². The molecular formula is C68H47N3. The van der Waals surface area contributed by atoms with E-state index in [4.69, 9.17) is 0 Å². The highest BCUT2D eigenvalue weighted by molar-refractivity contribution is 6.22. The summed E-state index contributed by atoms with van der Waals surface area (Å²) in [6.45, 7) is 0. The van der Waals surface area contributed by atoms with Gasteiger partial charge in [-0.1, -0.05) is 212 Å². The number of aromatic nitrogens is 2. The van der Waals surface area contributed by atoms with Crippen LogP contribution in [0.5, 0.6) is 0 Å². The van der Waals surface area contributed by atoms with Crippen molar-refractivity contribution in [3.63, 3.8) is 0 Å². The Morgan fingerprint density at radius 2 is 0.859 bits per heavy atom. The van der Waals surface area contributed by atoms with E-state index in [-0.39, 0.29) is 6.04 Å². The molecule has 0 bridgehead atoms. The van der Waals surface area contributed by atoms with E-state index in [1.807, 2.05) is 0 Å². The van der Waals surface area contributed by atoms with Crippen molar-refractivity contribution in [2.75, 3.05) is 4.90 Å². The lowest BCUT2D eigenvalue weighted by molar-refractivity contribution is 0.749. The predicted octanol–water partition coefficient (Wildman–Crippen LogP) is 18.0. The topological polar surface area (TPSA) is 13.1 Å². The highest BCUT2D eigenvalue weighted by Crippen LogP contribution is 2.49. The first kappa shape index (κ1) is 40.8. The molecule has 0 fully saturated rings. The molecule has 71 heavy (non-hydrogen) atoms. The number of para-hydroxylation sites is 2. The summed E-state index contributed by atoms with van der Waals surface area (Å²) in [4.78, 5) is 2.59. The number of hydrogen-bond acceptors (Lipinski definition) is 1. The van der Waals surface area contributed by atoms with Crippen molar-refractivity contribution in [3.05, 3.63) is 278 Å². The van der Waals surface area contributed by atoms with Crippen molar-refractivity contribution in [2.24, 2.45) is 0 Å². The number of fused-ring (bicyclic) bond motifs is 6. The van der Waals surface area contributed by atoms with Gasteiger partial charge in [0.1, 0.15) is 0 Å². The van der Waals surface area contributed by atoms with Gasteiger partial charge in [-0.05, 0) is 116 Å². The Hall–Kier alpha value is -9.18. The van der Waals surface area contributed by atoms with E-state index in [0.717, 1.165) is 29.2 Å². The molecule has 14 rings (SSSR count). The summed E-state index contributed by atoms with van der Waals surface area (Å²) in [5.74, 6) is 0. The second kappa shape index (κ2) is 16.8. The third kappa shape index (κ3) is 6.73. The SMILES string of the molecule is C1=C(c2ccccc2)N(c2ccc3c(-n4c5ccccc5c5ccccc54)c4cc(-n5c(-c6ccccc6)ccc5-c5ccccc5)ccc4c(-c4ccc5ccccc5c4)c3c2)C(c2ccccc2)C1. The summed E-state index contributed by atoms with van der Waals surface area (Å²) < 4.78 is 5.00. The van der Waals surface area contributed by atoms with Gasteiger partial charge in [-0.15, -0.1) is 0 Å². The fourth-order valence-corrected chi connectivity index (χ4v) is 11.7. The summed E-state index contributed by atoms with van der Waals surface area (Å²) in [6, 6.07) is 96.3. The molecule has 1 aliphatic heterocycles. The molecule has 0 saturated heterocycles. The van der Waals surface area contributed by atoms with E-state index < -0.39 is 0 Å². The molecule has 0 aliphatic carbocycles. The molecule has 1 unspecified atom stereocenters. The van der Waals surface area contributed by atoms with E-state index in [1.54, 1.807) is 0 Å². The molecule has 1 aliphatic rings. The number of benzene rings is 11. The van der Waals surface area contributed by atoms with Crippen LogP contribution in [0.15, 0.2) is 267 Å². The number of rotatable bonds is 8. The zero-order valence-electron chi connectivity index (χ0n) is 39.0. The molecule has 0 radical (unpaired) electrons. The van der Waals surface area contributed by atoms with Gasteiger partial charge in [-0.3, -0.25) is 0 Å². The first-order valence-corrected chi connectivity index (χ1v) is 24.7. The lowest BCUT2D eigenvalue weighted by atomic mass is 9.88. The van der Waals surface area contributed by atoms with Crippen LogP contribution < -0.4 is 4.90 Å². The Morgan fingerprint density at radius 1 is 0.324 bits per heavy atom. The molecule has 3 heteroatoms. The van der Waals surface area contributed by atoms with Crippen LogP contribution in [-0.2, 0) is 0 Å². The second-order valence-corrected chi connectivity index (χ2v) is 18.8. The van der Waals surface area contributed by atoms with Gasteiger partial charge in [0.15, 0.2) is 0 Å². The average Bonchev–Trinajstić information content (AvgIpc) is 4.18. The zero-order chi connectivity index (χ0) is 46.8.